The largest absolute Gasteiger partial charge is 0.241 e. The number of aryl methyl sites for hydroxylation is 2. The van der Waals surface area contributed by atoms with Crippen LogP contribution in [0.25, 0.3) is 0 Å². The molecular weight excluding hydrogens is 350 g/mol. The Kier molecular flexibility index (Phi) is 5.19. The quantitative estimate of drug-likeness (QED) is 0.873. The zero-order valence-electron chi connectivity index (χ0n) is 12.1. The fourth-order valence-electron chi connectivity index (χ4n) is 2.19. The van der Waals surface area contributed by atoms with Gasteiger partial charge in [0, 0.05) is 11.0 Å². The van der Waals surface area contributed by atoms with Gasteiger partial charge in [-0.3, -0.25) is 0 Å². The third kappa shape index (κ3) is 3.93. The fraction of sp³-hybridized carbons (Fsp3) is 0.250. The summed E-state index contributed by atoms with van der Waals surface area (Å²) in [4.78, 5) is 0.311. The SMILES string of the molecule is CCc1ccccc1CNS(=O)(=O)c1cc(Br)ccc1C. The molecule has 2 rings (SSSR count). The predicted molar refractivity (Wildman–Crippen MR) is 88.7 cm³/mol. The molecule has 0 radical (unpaired) electrons. The minimum Gasteiger partial charge on any atom is -0.207 e. The molecule has 0 aromatic heterocycles. The molecule has 0 heterocycles. The first kappa shape index (κ1) is 16.2. The van der Waals surface area contributed by atoms with E-state index in [4.69, 9.17) is 0 Å². The van der Waals surface area contributed by atoms with Crippen molar-refractivity contribution in [2.75, 3.05) is 0 Å². The molecule has 112 valence electrons. The smallest absolute Gasteiger partial charge is 0.207 e. The van der Waals surface area contributed by atoms with Gasteiger partial charge in [-0.05, 0) is 42.2 Å². The molecule has 2 aromatic carbocycles. The maximum Gasteiger partial charge on any atom is 0.241 e. The fourth-order valence-corrected chi connectivity index (χ4v) is 3.98. The van der Waals surface area contributed by atoms with E-state index in [-0.39, 0.29) is 0 Å². The Bertz CT molecular complexity index is 742. The molecule has 3 nitrogen and oxygen atoms in total. The summed E-state index contributed by atoms with van der Waals surface area (Å²) in [5.74, 6) is 0. The van der Waals surface area contributed by atoms with Crippen molar-refractivity contribution in [3.8, 4) is 0 Å². The lowest BCUT2D eigenvalue weighted by Gasteiger charge is -2.12. The van der Waals surface area contributed by atoms with E-state index < -0.39 is 10.0 Å². The van der Waals surface area contributed by atoms with Gasteiger partial charge in [-0.25, -0.2) is 13.1 Å². The maximum absolute atomic E-state index is 12.4. The highest BCUT2D eigenvalue weighted by Crippen LogP contribution is 2.21. The van der Waals surface area contributed by atoms with Crippen molar-refractivity contribution in [3.05, 3.63) is 63.6 Å². The summed E-state index contributed by atoms with van der Waals surface area (Å²) in [7, 11) is -3.52. The van der Waals surface area contributed by atoms with E-state index in [0.29, 0.717) is 11.4 Å². The van der Waals surface area contributed by atoms with Gasteiger partial charge >= 0.3 is 0 Å². The first-order valence-corrected chi connectivity index (χ1v) is 9.04. The van der Waals surface area contributed by atoms with Gasteiger partial charge in [0.2, 0.25) is 10.0 Å². The van der Waals surface area contributed by atoms with Gasteiger partial charge in [-0.2, -0.15) is 0 Å². The van der Waals surface area contributed by atoms with Gasteiger partial charge < -0.3 is 0 Å². The van der Waals surface area contributed by atoms with Crippen LogP contribution in [0.2, 0.25) is 0 Å². The number of rotatable bonds is 5. The highest BCUT2D eigenvalue weighted by Gasteiger charge is 2.17. The van der Waals surface area contributed by atoms with E-state index in [1.807, 2.05) is 30.3 Å². The molecule has 0 fully saturated rings. The van der Waals surface area contributed by atoms with Gasteiger partial charge in [-0.1, -0.05) is 53.2 Å². The first-order valence-electron chi connectivity index (χ1n) is 6.76. The summed E-state index contributed by atoms with van der Waals surface area (Å²) in [5, 5.41) is 0. The van der Waals surface area contributed by atoms with E-state index in [0.717, 1.165) is 27.6 Å². The Balaban J connectivity index is 2.24. The molecule has 0 aliphatic carbocycles. The van der Waals surface area contributed by atoms with Crippen molar-refractivity contribution in [1.82, 2.24) is 4.72 Å². The molecule has 1 N–H and O–H groups in total. The summed E-state index contributed by atoms with van der Waals surface area (Å²) in [5.41, 5.74) is 2.90. The summed E-state index contributed by atoms with van der Waals surface area (Å²) < 4.78 is 28.3. The molecule has 0 spiro atoms. The lowest BCUT2D eigenvalue weighted by atomic mass is 10.1. The molecule has 0 bridgehead atoms. The molecule has 2 aromatic rings. The monoisotopic (exact) mass is 367 g/mol. The lowest BCUT2D eigenvalue weighted by Crippen LogP contribution is -2.24. The van der Waals surface area contributed by atoms with Crippen molar-refractivity contribution in [1.29, 1.82) is 0 Å². The second-order valence-corrected chi connectivity index (χ2v) is 7.51. The van der Waals surface area contributed by atoms with E-state index in [2.05, 4.69) is 27.6 Å². The number of hydrogen-bond acceptors (Lipinski definition) is 2. The molecule has 21 heavy (non-hydrogen) atoms. The molecule has 0 aliphatic heterocycles. The number of nitrogens with one attached hydrogen (secondary N) is 1. The number of hydrogen-bond donors (Lipinski definition) is 1. The van der Waals surface area contributed by atoms with Gasteiger partial charge in [0.25, 0.3) is 0 Å². The Hall–Kier alpha value is -1.17. The number of halogens is 1. The van der Waals surface area contributed by atoms with Gasteiger partial charge in [0.1, 0.15) is 0 Å². The van der Waals surface area contributed by atoms with Gasteiger partial charge in [0.15, 0.2) is 0 Å². The van der Waals surface area contributed by atoms with Crippen molar-refractivity contribution in [2.24, 2.45) is 0 Å². The Morgan fingerprint density at radius 2 is 1.76 bits per heavy atom. The zero-order chi connectivity index (χ0) is 15.5. The lowest BCUT2D eigenvalue weighted by molar-refractivity contribution is 0.580. The summed E-state index contributed by atoms with van der Waals surface area (Å²) in [6.45, 7) is 4.16. The summed E-state index contributed by atoms with van der Waals surface area (Å²) >= 11 is 3.32. The van der Waals surface area contributed by atoms with Gasteiger partial charge in [0.05, 0.1) is 4.90 Å². The molecule has 5 heteroatoms. The minimum absolute atomic E-state index is 0.304. The third-order valence-electron chi connectivity index (χ3n) is 3.39. The van der Waals surface area contributed by atoms with Crippen LogP contribution >= 0.6 is 15.9 Å². The number of sulfonamides is 1. The van der Waals surface area contributed by atoms with Crippen LogP contribution < -0.4 is 4.72 Å². The second kappa shape index (κ2) is 6.73. The normalized spacial score (nSPS) is 11.6. The van der Waals surface area contributed by atoms with Crippen molar-refractivity contribution < 1.29 is 8.42 Å². The van der Waals surface area contributed by atoms with Gasteiger partial charge in [-0.15, -0.1) is 0 Å². The topological polar surface area (TPSA) is 46.2 Å². The van der Waals surface area contributed by atoms with Crippen LogP contribution in [0.15, 0.2) is 51.8 Å². The van der Waals surface area contributed by atoms with Crippen LogP contribution in [-0.2, 0) is 23.0 Å². The Labute approximate surface area is 134 Å². The average molecular weight is 368 g/mol. The van der Waals surface area contributed by atoms with Crippen molar-refractivity contribution in [3.63, 3.8) is 0 Å². The summed E-state index contributed by atoms with van der Waals surface area (Å²) in [6, 6.07) is 13.1. The average Bonchev–Trinajstić information content (AvgIpc) is 2.48. The Morgan fingerprint density at radius 1 is 1.10 bits per heavy atom. The van der Waals surface area contributed by atoms with Crippen molar-refractivity contribution >= 4 is 26.0 Å². The van der Waals surface area contributed by atoms with Crippen LogP contribution in [0.4, 0.5) is 0 Å². The standard InChI is InChI=1S/C16H18BrNO2S/c1-3-13-6-4-5-7-14(13)11-18-21(19,20)16-10-15(17)9-8-12(16)2/h4-10,18H,3,11H2,1-2H3. The molecule has 0 atom stereocenters. The highest BCUT2D eigenvalue weighted by molar-refractivity contribution is 9.10. The first-order chi connectivity index (χ1) is 9.94. The molecule has 0 unspecified atom stereocenters. The van der Waals surface area contributed by atoms with Crippen LogP contribution in [0.3, 0.4) is 0 Å². The zero-order valence-corrected chi connectivity index (χ0v) is 14.5. The van der Waals surface area contributed by atoms with Crippen LogP contribution in [0.5, 0.6) is 0 Å². The molecule has 0 aliphatic rings. The van der Waals surface area contributed by atoms with Crippen LogP contribution in [0.1, 0.15) is 23.6 Å². The Morgan fingerprint density at radius 3 is 2.43 bits per heavy atom. The number of benzene rings is 2. The van der Waals surface area contributed by atoms with E-state index >= 15 is 0 Å². The van der Waals surface area contributed by atoms with Crippen molar-refractivity contribution in [2.45, 2.75) is 31.7 Å². The summed E-state index contributed by atoms with van der Waals surface area (Å²) in [6.07, 6.45) is 0.883. The predicted octanol–water partition coefficient (Wildman–Crippen LogP) is 3.80. The molecular formula is C16H18BrNO2S. The molecule has 0 saturated carbocycles. The third-order valence-corrected chi connectivity index (χ3v) is 5.43. The molecule has 0 saturated heterocycles. The highest BCUT2D eigenvalue weighted by atomic mass is 79.9. The maximum atomic E-state index is 12.4. The minimum atomic E-state index is -3.52. The van der Waals surface area contributed by atoms with Crippen LogP contribution in [-0.4, -0.2) is 8.42 Å². The second-order valence-electron chi connectivity index (χ2n) is 4.86. The van der Waals surface area contributed by atoms with E-state index in [9.17, 15) is 8.42 Å². The molecule has 0 amide bonds. The van der Waals surface area contributed by atoms with E-state index in [1.54, 1.807) is 19.1 Å². The van der Waals surface area contributed by atoms with E-state index in [1.165, 1.54) is 0 Å². The van der Waals surface area contributed by atoms with Crippen LogP contribution in [0, 0.1) is 6.92 Å².